The Bertz CT molecular complexity index is 1240. The Balaban J connectivity index is 1.62. The van der Waals surface area contributed by atoms with E-state index in [1.54, 1.807) is 11.9 Å². The highest BCUT2D eigenvalue weighted by Gasteiger charge is 2.28. The maximum atomic E-state index is 13.1. The average Bonchev–Trinajstić information content (AvgIpc) is 3.24. The molecule has 4 rings (SSSR count). The Labute approximate surface area is 168 Å². The first kappa shape index (κ1) is 18.7. The fourth-order valence-electron chi connectivity index (χ4n) is 2.88. The number of hydrogen-bond donors (Lipinski definition) is 0. The third-order valence-corrected chi connectivity index (χ3v) is 5.57. The number of allylic oxidation sites excluding steroid dienone is 1. The Morgan fingerprint density at radius 3 is 2.66 bits per heavy atom. The van der Waals surface area contributed by atoms with E-state index in [1.165, 1.54) is 36.0 Å². The molecule has 1 aliphatic heterocycles. The zero-order valence-electron chi connectivity index (χ0n) is 15.1. The Kier molecular flexibility index (Phi) is 4.78. The van der Waals surface area contributed by atoms with Gasteiger partial charge in [0.2, 0.25) is 5.89 Å². The molecular formula is C20H13FN4O3S. The normalized spacial score (nSPS) is 14.4. The number of benzene rings is 2. The molecule has 0 saturated heterocycles. The SMILES string of the molecule is CN1/C(=C(\C#N)C(=O)Cn2nc(-c3ccc(F)cc3)oc2=O)Sc2ccccc21. The van der Waals surface area contributed by atoms with Crippen LogP contribution >= 0.6 is 11.8 Å². The fraction of sp³-hybridized carbons (Fsp3) is 0.100. The van der Waals surface area contributed by atoms with Gasteiger partial charge >= 0.3 is 5.76 Å². The summed E-state index contributed by atoms with van der Waals surface area (Å²) in [6, 6.07) is 14.7. The predicted octanol–water partition coefficient (Wildman–Crippen LogP) is 3.19. The van der Waals surface area contributed by atoms with E-state index in [1.807, 2.05) is 30.3 Å². The molecule has 7 nitrogen and oxygen atoms in total. The standard InChI is InChI=1S/C20H13FN4O3S/c1-24-15-4-2-3-5-17(15)29-19(24)14(10-22)16(26)11-25-20(27)28-18(23-25)12-6-8-13(21)9-7-12/h2-9H,11H2,1H3/b19-14-. The number of carbonyl (C=O) groups excluding carboxylic acids is 1. The lowest BCUT2D eigenvalue weighted by Crippen LogP contribution is -2.24. The van der Waals surface area contributed by atoms with Crippen LogP contribution in [0.15, 0.2) is 73.2 Å². The lowest BCUT2D eigenvalue weighted by atomic mass is 10.2. The van der Waals surface area contributed by atoms with Crippen LogP contribution in [0, 0.1) is 17.1 Å². The second-order valence-electron chi connectivity index (χ2n) is 6.18. The van der Waals surface area contributed by atoms with Crippen LogP contribution in [0.2, 0.25) is 0 Å². The molecular weight excluding hydrogens is 395 g/mol. The summed E-state index contributed by atoms with van der Waals surface area (Å²) < 4.78 is 19.0. The summed E-state index contributed by atoms with van der Waals surface area (Å²) >= 11 is 1.32. The van der Waals surface area contributed by atoms with Crippen LogP contribution in [0.25, 0.3) is 11.5 Å². The van der Waals surface area contributed by atoms with E-state index in [-0.39, 0.29) is 11.5 Å². The largest absolute Gasteiger partial charge is 0.437 e. The summed E-state index contributed by atoms with van der Waals surface area (Å²) in [6.45, 7) is -0.444. The molecule has 1 aromatic heterocycles. The highest BCUT2D eigenvalue weighted by atomic mass is 32.2. The highest BCUT2D eigenvalue weighted by molar-refractivity contribution is 8.03. The van der Waals surface area contributed by atoms with Crippen LogP contribution in [0.5, 0.6) is 0 Å². The van der Waals surface area contributed by atoms with Crippen molar-refractivity contribution in [3.05, 3.63) is 75.5 Å². The molecule has 0 saturated carbocycles. The predicted molar refractivity (Wildman–Crippen MR) is 105 cm³/mol. The minimum absolute atomic E-state index is 0.0336. The van der Waals surface area contributed by atoms with Crippen molar-refractivity contribution in [1.29, 1.82) is 5.26 Å². The molecule has 0 fully saturated rings. The van der Waals surface area contributed by atoms with Crippen LogP contribution in [0.1, 0.15) is 0 Å². The molecule has 0 N–H and O–H groups in total. The number of thioether (sulfide) groups is 1. The maximum absolute atomic E-state index is 13.1. The number of fused-ring (bicyclic) bond motifs is 1. The van der Waals surface area contributed by atoms with Gasteiger partial charge in [-0.15, -0.1) is 5.10 Å². The highest BCUT2D eigenvalue weighted by Crippen LogP contribution is 2.46. The van der Waals surface area contributed by atoms with Crippen molar-refractivity contribution in [3.63, 3.8) is 0 Å². The van der Waals surface area contributed by atoms with Crippen molar-refractivity contribution >= 4 is 23.2 Å². The molecule has 0 radical (unpaired) electrons. The van der Waals surface area contributed by atoms with Crippen molar-refractivity contribution in [3.8, 4) is 17.5 Å². The molecule has 29 heavy (non-hydrogen) atoms. The van der Waals surface area contributed by atoms with Crippen LogP contribution < -0.4 is 10.7 Å². The number of rotatable bonds is 4. The summed E-state index contributed by atoms with van der Waals surface area (Å²) in [6.07, 6.45) is 0. The minimum Gasteiger partial charge on any atom is -0.388 e. The van der Waals surface area contributed by atoms with Crippen molar-refractivity contribution in [1.82, 2.24) is 9.78 Å². The first-order valence-corrected chi connectivity index (χ1v) is 9.31. The van der Waals surface area contributed by atoms with Gasteiger partial charge in [-0.3, -0.25) is 4.79 Å². The van der Waals surface area contributed by atoms with Crippen molar-refractivity contribution < 1.29 is 13.6 Å². The summed E-state index contributed by atoms with van der Waals surface area (Å²) in [5.74, 6) is -1.87. The number of carbonyl (C=O) groups is 1. The van der Waals surface area contributed by atoms with Crippen LogP contribution in [0.3, 0.4) is 0 Å². The molecule has 0 aliphatic carbocycles. The van der Waals surface area contributed by atoms with Gasteiger partial charge in [-0.25, -0.2) is 9.18 Å². The third-order valence-electron chi connectivity index (χ3n) is 4.33. The second-order valence-corrected chi connectivity index (χ2v) is 7.21. The second kappa shape index (κ2) is 7.41. The number of halogens is 1. The number of aromatic nitrogens is 2. The van der Waals surface area contributed by atoms with E-state index in [2.05, 4.69) is 5.10 Å². The van der Waals surface area contributed by atoms with Crippen LogP contribution in [0.4, 0.5) is 10.1 Å². The van der Waals surface area contributed by atoms with Gasteiger partial charge in [-0.05, 0) is 36.4 Å². The van der Waals surface area contributed by atoms with Gasteiger partial charge < -0.3 is 9.32 Å². The summed E-state index contributed by atoms with van der Waals surface area (Å²) in [5, 5.41) is 14.1. The van der Waals surface area contributed by atoms with E-state index in [0.29, 0.717) is 10.6 Å². The monoisotopic (exact) mass is 408 g/mol. The fourth-order valence-corrected chi connectivity index (χ4v) is 4.04. The van der Waals surface area contributed by atoms with Crippen molar-refractivity contribution in [2.75, 3.05) is 11.9 Å². The van der Waals surface area contributed by atoms with Crippen molar-refractivity contribution in [2.24, 2.45) is 0 Å². The zero-order valence-corrected chi connectivity index (χ0v) is 15.9. The molecule has 0 spiro atoms. The molecule has 0 amide bonds. The van der Waals surface area contributed by atoms with E-state index in [9.17, 15) is 19.2 Å². The molecule has 3 aromatic rings. The molecule has 9 heteroatoms. The lowest BCUT2D eigenvalue weighted by molar-refractivity contribution is -0.116. The first-order valence-electron chi connectivity index (χ1n) is 8.50. The van der Waals surface area contributed by atoms with E-state index >= 15 is 0 Å². The molecule has 0 unspecified atom stereocenters. The van der Waals surface area contributed by atoms with Gasteiger partial charge in [0.05, 0.1) is 5.69 Å². The van der Waals surface area contributed by atoms with Gasteiger partial charge in [0.15, 0.2) is 5.78 Å². The zero-order chi connectivity index (χ0) is 20.5. The number of nitriles is 1. The van der Waals surface area contributed by atoms with Gasteiger partial charge in [0, 0.05) is 17.5 Å². The van der Waals surface area contributed by atoms with Crippen LogP contribution in [-0.2, 0) is 11.3 Å². The number of nitrogens with zero attached hydrogens (tertiary/aromatic N) is 4. The van der Waals surface area contributed by atoms with Crippen LogP contribution in [-0.4, -0.2) is 22.6 Å². The maximum Gasteiger partial charge on any atom is 0.437 e. The lowest BCUT2D eigenvalue weighted by Gasteiger charge is -2.14. The van der Waals surface area contributed by atoms with Gasteiger partial charge in [0.25, 0.3) is 0 Å². The van der Waals surface area contributed by atoms with Gasteiger partial charge in [-0.2, -0.15) is 9.94 Å². The van der Waals surface area contributed by atoms with Gasteiger partial charge in [0.1, 0.15) is 29.0 Å². The first-order chi connectivity index (χ1) is 14.0. The summed E-state index contributed by atoms with van der Waals surface area (Å²) in [5.41, 5.74) is 1.23. The Morgan fingerprint density at radius 1 is 1.24 bits per heavy atom. The van der Waals surface area contributed by atoms with Gasteiger partial charge in [-0.1, -0.05) is 23.9 Å². The molecule has 1 aliphatic rings. The summed E-state index contributed by atoms with van der Waals surface area (Å²) in [4.78, 5) is 27.5. The molecule has 2 heterocycles. The quantitative estimate of drug-likeness (QED) is 0.484. The molecule has 2 aromatic carbocycles. The number of anilines is 1. The Hall–Kier alpha value is -3.64. The number of para-hydroxylation sites is 1. The average molecular weight is 408 g/mol. The molecule has 0 bridgehead atoms. The summed E-state index contributed by atoms with van der Waals surface area (Å²) in [7, 11) is 1.77. The van der Waals surface area contributed by atoms with E-state index in [0.717, 1.165) is 15.3 Å². The van der Waals surface area contributed by atoms with E-state index in [4.69, 9.17) is 4.42 Å². The molecule has 144 valence electrons. The topological polar surface area (TPSA) is 92.1 Å². The smallest absolute Gasteiger partial charge is 0.388 e. The number of hydrogen-bond acceptors (Lipinski definition) is 7. The number of Topliss-reactive ketones (excluding diaryl/α,β-unsaturated/α-hetero) is 1. The van der Waals surface area contributed by atoms with Crippen molar-refractivity contribution in [2.45, 2.75) is 11.4 Å². The minimum atomic E-state index is -0.837. The molecule has 0 atom stereocenters. The number of ketones is 1. The van der Waals surface area contributed by atoms with E-state index < -0.39 is 23.9 Å². The third kappa shape index (κ3) is 3.46. The Morgan fingerprint density at radius 2 is 1.97 bits per heavy atom.